The number of nitrogens with one attached hydrogen (secondary N) is 2. The molecule has 1 aliphatic heterocycles. The molecule has 148 valence electrons. The molecule has 1 aromatic carbocycles. The number of hydrogen-bond donors (Lipinski definition) is 2. The maximum Gasteiger partial charge on any atom is 0.170 e. The van der Waals surface area contributed by atoms with Crippen LogP contribution in [0.15, 0.2) is 42.6 Å². The van der Waals surface area contributed by atoms with Crippen molar-refractivity contribution in [3.05, 3.63) is 53.2 Å². The normalized spacial score (nSPS) is 18.2. The lowest BCUT2D eigenvalue weighted by Gasteiger charge is -2.30. The first-order chi connectivity index (χ1) is 13.6. The van der Waals surface area contributed by atoms with Crippen molar-refractivity contribution in [1.82, 2.24) is 10.3 Å². The Morgan fingerprint density at radius 1 is 1.04 bits per heavy atom. The van der Waals surface area contributed by atoms with Crippen LogP contribution in [-0.4, -0.2) is 29.7 Å². The molecule has 6 heteroatoms. The second-order valence-electron chi connectivity index (χ2n) is 7.90. The average molecular weight is 415 g/mol. The molecule has 1 aromatic heterocycles. The van der Waals surface area contributed by atoms with E-state index in [1.807, 2.05) is 18.3 Å². The van der Waals surface area contributed by atoms with Crippen LogP contribution in [0.25, 0.3) is 0 Å². The molecular formula is C22H27ClN4S. The molecule has 2 N–H and O–H groups in total. The van der Waals surface area contributed by atoms with Gasteiger partial charge in [0.05, 0.1) is 11.9 Å². The van der Waals surface area contributed by atoms with Gasteiger partial charge in [0.25, 0.3) is 0 Å². The average Bonchev–Trinajstić information content (AvgIpc) is 3.41. The van der Waals surface area contributed by atoms with Gasteiger partial charge in [-0.2, -0.15) is 0 Å². The zero-order chi connectivity index (χ0) is 19.4. The molecule has 0 amide bonds. The van der Waals surface area contributed by atoms with Crippen molar-refractivity contribution in [3.8, 4) is 0 Å². The van der Waals surface area contributed by atoms with Gasteiger partial charge in [0.15, 0.2) is 5.11 Å². The van der Waals surface area contributed by atoms with Gasteiger partial charge in [-0.25, -0.2) is 4.98 Å². The highest BCUT2D eigenvalue weighted by molar-refractivity contribution is 7.80. The Hall–Kier alpha value is -1.85. The zero-order valence-corrected chi connectivity index (χ0v) is 17.7. The topological polar surface area (TPSA) is 40.2 Å². The third kappa shape index (κ3) is 4.41. The molecule has 1 saturated heterocycles. The summed E-state index contributed by atoms with van der Waals surface area (Å²) in [6.45, 7) is 3.04. The first-order valence-electron chi connectivity index (χ1n) is 10.2. The Morgan fingerprint density at radius 2 is 1.75 bits per heavy atom. The van der Waals surface area contributed by atoms with Crippen LogP contribution in [-0.2, 0) is 5.41 Å². The highest BCUT2D eigenvalue weighted by Crippen LogP contribution is 2.41. The maximum absolute atomic E-state index is 6.08. The number of benzene rings is 1. The van der Waals surface area contributed by atoms with E-state index < -0.39 is 0 Å². The quantitative estimate of drug-likeness (QED) is 0.663. The van der Waals surface area contributed by atoms with Gasteiger partial charge in [0, 0.05) is 30.1 Å². The van der Waals surface area contributed by atoms with E-state index in [0.717, 1.165) is 36.2 Å². The predicted molar refractivity (Wildman–Crippen MR) is 122 cm³/mol. The van der Waals surface area contributed by atoms with E-state index in [-0.39, 0.29) is 5.41 Å². The van der Waals surface area contributed by atoms with E-state index >= 15 is 0 Å². The molecule has 2 aliphatic rings. The largest absolute Gasteiger partial charge is 0.362 e. The van der Waals surface area contributed by atoms with Crippen molar-refractivity contribution in [3.63, 3.8) is 0 Å². The number of halogens is 1. The summed E-state index contributed by atoms with van der Waals surface area (Å²) >= 11 is 11.6. The fourth-order valence-electron chi connectivity index (χ4n) is 4.44. The SMILES string of the molecule is S=C(NCC1(c2ccc(Cl)cc2)CCCC1)Nc1ccc(N2CCCC2)nc1. The number of nitrogens with zero attached hydrogens (tertiary/aromatic N) is 2. The summed E-state index contributed by atoms with van der Waals surface area (Å²) in [5.74, 6) is 1.05. The molecule has 2 heterocycles. The van der Waals surface area contributed by atoms with Gasteiger partial charge in [-0.3, -0.25) is 0 Å². The summed E-state index contributed by atoms with van der Waals surface area (Å²) in [4.78, 5) is 6.91. The molecule has 4 rings (SSSR count). The van der Waals surface area contributed by atoms with Crippen LogP contribution in [0.1, 0.15) is 44.1 Å². The minimum atomic E-state index is 0.133. The maximum atomic E-state index is 6.08. The minimum absolute atomic E-state index is 0.133. The lowest BCUT2D eigenvalue weighted by atomic mass is 9.79. The van der Waals surface area contributed by atoms with E-state index in [2.05, 4.69) is 44.8 Å². The van der Waals surface area contributed by atoms with Gasteiger partial charge in [-0.1, -0.05) is 36.6 Å². The summed E-state index contributed by atoms with van der Waals surface area (Å²) < 4.78 is 0. The Bertz CT molecular complexity index is 794. The Kier molecular flexibility index (Phi) is 6.02. The molecule has 2 fully saturated rings. The van der Waals surface area contributed by atoms with Gasteiger partial charge in [-0.05, 0) is 67.7 Å². The summed E-state index contributed by atoms with van der Waals surface area (Å²) in [5.41, 5.74) is 2.41. The van der Waals surface area contributed by atoms with Crippen LogP contribution in [0.2, 0.25) is 5.02 Å². The van der Waals surface area contributed by atoms with E-state index in [1.54, 1.807) is 0 Å². The zero-order valence-electron chi connectivity index (χ0n) is 16.1. The molecule has 0 unspecified atom stereocenters. The van der Waals surface area contributed by atoms with E-state index in [4.69, 9.17) is 23.8 Å². The first-order valence-corrected chi connectivity index (χ1v) is 11.0. The van der Waals surface area contributed by atoms with Crippen molar-refractivity contribution < 1.29 is 0 Å². The molecule has 0 radical (unpaired) electrons. The van der Waals surface area contributed by atoms with Crippen LogP contribution in [0.4, 0.5) is 11.5 Å². The summed E-state index contributed by atoms with van der Waals surface area (Å²) in [7, 11) is 0. The number of hydrogen-bond acceptors (Lipinski definition) is 3. The van der Waals surface area contributed by atoms with Gasteiger partial charge in [-0.15, -0.1) is 0 Å². The standard InChI is InChI=1S/C22H27ClN4S/c23-18-7-5-17(6-8-18)22(11-1-2-12-22)16-25-21(28)26-19-9-10-20(24-15-19)27-13-3-4-14-27/h5-10,15H,1-4,11-14,16H2,(H2,25,26,28). The van der Waals surface area contributed by atoms with Gasteiger partial charge >= 0.3 is 0 Å². The second kappa shape index (κ2) is 8.66. The lowest BCUT2D eigenvalue weighted by Crippen LogP contribution is -2.40. The number of aromatic nitrogens is 1. The molecule has 1 aliphatic carbocycles. The van der Waals surface area contributed by atoms with E-state index in [0.29, 0.717) is 5.11 Å². The van der Waals surface area contributed by atoms with Gasteiger partial charge < -0.3 is 15.5 Å². The lowest BCUT2D eigenvalue weighted by molar-refractivity contribution is 0.435. The Labute approximate surface area is 177 Å². The molecule has 4 nitrogen and oxygen atoms in total. The van der Waals surface area contributed by atoms with Crippen LogP contribution >= 0.6 is 23.8 Å². The van der Waals surface area contributed by atoms with Crippen molar-refractivity contribution in [2.45, 2.75) is 43.9 Å². The smallest absolute Gasteiger partial charge is 0.170 e. The highest BCUT2D eigenvalue weighted by Gasteiger charge is 2.35. The van der Waals surface area contributed by atoms with Crippen molar-refractivity contribution in [2.24, 2.45) is 0 Å². The van der Waals surface area contributed by atoms with Crippen molar-refractivity contribution in [2.75, 3.05) is 29.9 Å². The molecule has 0 atom stereocenters. The van der Waals surface area contributed by atoms with Crippen LogP contribution in [0.3, 0.4) is 0 Å². The number of anilines is 2. The van der Waals surface area contributed by atoms with Crippen molar-refractivity contribution >= 4 is 40.4 Å². The van der Waals surface area contributed by atoms with Crippen LogP contribution in [0.5, 0.6) is 0 Å². The monoisotopic (exact) mass is 414 g/mol. The predicted octanol–water partition coefficient (Wildman–Crippen LogP) is 5.13. The van der Waals surface area contributed by atoms with Crippen LogP contribution in [0, 0.1) is 0 Å². The second-order valence-corrected chi connectivity index (χ2v) is 8.75. The van der Waals surface area contributed by atoms with E-state index in [1.165, 1.54) is 44.1 Å². The first kappa shape index (κ1) is 19.5. The Morgan fingerprint density at radius 3 is 2.39 bits per heavy atom. The number of thiocarbonyl (C=S) groups is 1. The molecule has 28 heavy (non-hydrogen) atoms. The van der Waals surface area contributed by atoms with Gasteiger partial charge in [0.1, 0.15) is 5.82 Å². The number of rotatable bonds is 5. The third-order valence-corrected chi connectivity index (χ3v) is 6.54. The van der Waals surface area contributed by atoms with E-state index in [9.17, 15) is 0 Å². The summed E-state index contributed by atoms with van der Waals surface area (Å²) in [6.07, 6.45) is 9.24. The minimum Gasteiger partial charge on any atom is -0.362 e. The van der Waals surface area contributed by atoms with Gasteiger partial charge in [0.2, 0.25) is 0 Å². The van der Waals surface area contributed by atoms with Crippen molar-refractivity contribution in [1.29, 1.82) is 0 Å². The Balaban J connectivity index is 1.35. The molecule has 0 bridgehead atoms. The molecule has 0 spiro atoms. The van der Waals surface area contributed by atoms with Crippen LogP contribution < -0.4 is 15.5 Å². The fourth-order valence-corrected chi connectivity index (χ4v) is 4.76. The molecular weight excluding hydrogens is 388 g/mol. The third-order valence-electron chi connectivity index (χ3n) is 6.04. The highest BCUT2D eigenvalue weighted by atomic mass is 35.5. The molecule has 1 saturated carbocycles. The summed E-state index contributed by atoms with van der Waals surface area (Å²) in [5, 5.41) is 8.16. The summed E-state index contributed by atoms with van der Waals surface area (Å²) in [6, 6.07) is 12.4. The fraction of sp³-hybridized carbons (Fsp3) is 0.455. The number of pyridine rings is 1. The molecule has 2 aromatic rings.